The van der Waals surface area contributed by atoms with Gasteiger partial charge >= 0.3 is 0 Å². The maximum absolute atomic E-state index is 12.9. The maximum Gasteiger partial charge on any atom is 0.226 e. The van der Waals surface area contributed by atoms with Crippen LogP contribution in [0.1, 0.15) is 29.9 Å². The van der Waals surface area contributed by atoms with E-state index in [4.69, 9.17) is 17.0 Å². The minimum absolute atomic E-state index is 0.120. The lowest BCUT2D eigenvalue weighted by molar-refractivity contribution is -0.116. The Balaban J connectivity index is 1.43. The van der Waals surface area contributed by atoms with E-state index in [1.807, 2.05) is 73.1 Å². The number of ether oxygens (including phenoxy) is 1. The lowest BCUT2D eigenvalue weighted by atomic mass is 10.0. The predicted molar refractivity (Wildman–Crippen MR) is 142 cm³/mol. The van der Waals surface area contributed by atoms with Crippen LogP contribution in [0.15, 0.2) is 91.5 Å². The molecule has 0 radical (unpaired) electrons. The minimum Gasteiger partial charge on any atom is -0.495 e. The van der Waals surface area contributed by atoms with Crippen molar-refractivity contribution in [3.63, 3.8) is 0 Å². The first kappa shape index (κ1) is 23.5. The van der Waals surface area contributed by atoms with Crippen molar-refractivity contribution in [2.75, 3.05) is 19.0 Å². The summed E-state index contributed by atoms with van der Waals surface area (Å²) < 4.78 is 7.46. The van der Waals surface area contributed by atoms with Crippen LogP contribution in [0.5, 0.6) is 5.75 Å². The first-order valence-corrected chi connectivity index (χ1v) is 12.0. The van der Waals surface area contributed by atoms with Gasteiger partial charge in [0.05, 0.1) is 42.5 Å². The van der Waals surface area contributed by atoms with Gasteiger partial charge in [0.15, 0.2) is 5.11 Å². The highest BCUT2D eigenvalue weighted by atomic mass is 32.1. The Bertz CT molecular complexity index is 1340. The largest absolute Gasteiger partial charge is 0.495 e. The van der Waals surface area contributed by atoms with Crippen molar-refractivity contribution in [3.8, 4) is 11.4 Å². The highest BCUT2D eigenvalue weighted by molar-refractivity contribution is 7.80. The second-order valence-electron chi connectivity index (χ2n) is 8.33. The van der Waals surface area contributed by atoms with Crippen molar-refractivity contribution in [1.29, 1.82) is 0 Å². The molecule has 0 aliphatic carbocycles. The molecule has 0 saturated carbocycles. The van der Waals surface area contributed by atoms with E-state index >= 15 is 0 Å². The zero-order valence-corrected chi connectivity index (χ0v) is 20.6. The van der Waals surface area contributed by atoms with Crippen LogP contribution in [0.3, 0.4) is 0 Å². The fraction of sp³-hybridized carbons (Fsp3) is 0.185. The molecule has 36 heavy (non-hydrogen) atoms. The number of rotatable bonds is 8. The van der Waals surface area contributed by atoms with Gasteiger partial charge in [-0.3, -0.25) is 14.8 Å². The number of benzene rings is 1. The number of para-hydroxylation sites is 2. The number of anilines is 1. The first-order chi connectivity index (χ1) is 17.7. The Morgan fingerprint density at radius 2 is 1.94 bits per heavy atom. The van der Waals surface area contributed by atoms with Gasteiger partial charge in [-0.15, -0.1) is 0 Å². The number of carbonyl (C=O) groups excluding carboxylic acids is 1. The van der Waals surface area contributed by atoms with Gasteiger partial charge in [-0.2, -0.15) is 0 Å². The van der Waals surface area contributed by atoms with Crippen LogP contribution in [-0.4, -0.2) is 44.1 Å². The summed E-state index contributed by atoms with van der Waals surface area (Å²) >= 11 is 5.76. The number of carbonyl (C=O) groups is 1. The van der Waals surface area contributed by atoms with E-state index in [0.29, 0.717) is 23.1 Å². The molecule has 2 N–H and O–H groups in total. The van der Waals surface area contributed by atoms with Gasteiger partial charge in [-0.05, 0) is 60.7 Å². The van der Waals surface area contributed by atoms with E-state index in [-0.39, 0.29) is 24.4 Å². The molecule has 1 aliphatic rings. The summed E-state index contributed by atoms with van der Waals surface area (Å²) in [7, 11) is 1.58. The molecule has 5 rings (SSSR count). The third kappa shape index (κ3) is 4.78. The molecule has 8 nitrogen and oxygen atoms in total. The summed E-state index contributed by atoms with van der Waals surface area (Å²) in [4.78, 5) is 23.8. The number of nitrogens with zero attached hydrogens (tertiary/aromatic N) is 4. The molecule has 1 amide bonds. The van der Waals surface area contributed by atoms with E-state index < -0.39 is 0 Å². The molecule has 9 heteroatoms. The standard InChI is InChI=1S/C27H26N6O2S/c1-35-23-12-3-2-9-20(23)30-24(34)13-17-33-26(25(31-27(33)36)21-10-4-5-15-29-21)22-11-7-16-32(22)19-8-6-14-28-18-19/h2-12,14-16,18,25-26H,13,17H2,1H3,(H,30,34)(H,31,36)/t25-,26-/m1/s1. The fourth-order valence-corrected chi connectivity index (χ4v) is 4.85. The highest BCUT2D eigenvalue weighted by Gasteiger charge is 2.41. The van der Waals surface area contributed by atoms with Gasteiger partial charge in [0.2, 0.25) is 5.91 Å². The SMILES string of the molecule is COc1ccccc1NC(=O)CCN1C(=S)N[C@H](c2ccccn2)[C@H]1c1cccn1-c1cccnc1. The lowest BCUT2D eigenvalue weighted by Gasteiger charge is -2.28. The van der Waals surface area contributed by atoms with Gasteiger partial charge in [0, 0.05) is 37.3 Å². The van der Waals surface area contributed by atoms with Gasteiger partial charge in [0.1, 0.15) is 5.75 Å². The summed E-state index contributed by atoms with van der Waals surface area (Å²) in [6.45, 7) is 0.430. The van der Waals surface area contributed by atoms with E-state index in [1.165, 1.54) is 0 Å². The number of nitrogens with one attached hydrogen (secondary N) is 2. The predicted octanol–water partition coefficient (Wildman–Crippen LogP) is 4.28. The number of pyridine rings is 2. The summed E-state index contributed by atoms with van der Waals surface area (Å²) in [5, 5.41) is 6.98. The maximum atomic E-state index is 12.9. The highest BCUT2D eigenvalue weighted by Crippen LogP contribution is 2.39. The molecule has 1 fully saturated rings. The van der Waals surface area contributed by atoms with Crippen LogP contribution in [0.25, 0.3) is 5.69 Å². The summed E-state index contributed by atoms with van der Waals surface area (Å²) in [6, 6.07) is 20.8. The van der Waals surface area contributed by atoms with Crippen LogP contribution < -0.4 is 15.4 Å². The molecular weight excluding hydrogens is 472 g/mol. The van der Waals surface area contributed by atoms with Crippen molar-refractivity contribution in [3.05, 3.63) is 103 Å². The van der Waals surface area contributed by atoms with Crippen molar-refractivity contribution in [1.82, 2.24) is 24.8 Å². The molecule has 0 unspecified atom stereocenters. The quantitative estimate of drug-likeness (QED) is 0.351. The topological polar surface area (TPSA) is 84.3 Å². The molecule has 0 bridgehead atoms. The van der Waals surface area contributed by atoms with E-state index in [0.717, 1.165) is 17.1 Å². The van der Waals surface area contributed by atoms with E-state index in [2.05, 4.69) is 36.1 Å². The van der Waals surface area contributed by atoms with Crippen molar-refractivity contribution < 1.29 is 9.53 Å². The van der Waals surface area contributed by atoms with Gasteiger partial charge in [-0.1, -0.05) is 18.2 Å². The Hall–Kier alpha value is -4.24. The molecule has 2 atom stereocenters. The van der Waals surface area contributed by atoms with Crippen LogP contribution in [0.4, 0.5) is 5.69 Å². The molecule has 1 aliphatic heterocycles. The van der Waals surface area contributed by atoms with Gasteiger partial charge < -0.3 is 24.8 Å². The Morgan fingerprint density at radius 3 is 2.72 bits per heavy atom. The monoisotopic (exact) mass is 498 g/mol. The minimum atomic E-state index is -0.179. The van der Waals surface area contributed by atoms with E-state index in [9.17, 15) is 4.79 Å². The number of hydrogen-bond donors (Lipinski definition) is 2. The Kier molecular flexibility index (Phi) is 6.90. The second-order valence-corrected chi connectivity index (χ2v) is 8.72. The fourth-order valence-electron chi connectivity index (χ4n) is 4.52. The van der Waals surface area contributed by atoms with Gasteiger partial charge in [-0.25, -0.2) is 0 Å². The molecule has 4 aromatic rings. The Morgan fingerprint density at radius 1 is 1.08 bits per heavy atom. The number of amides is 1. The molecule has 0 spiro atoms. The molecule has 182 valence electrons. The molecule has 3 aromatic heterocycles. The molecular formula is C27H26N6O2S. The average Bonchev–Trinajstić information content (AvgIpc) is 3.53. The zero-order chi connectivity index (χ0) is 24.9. The van der Waals surface area contributed by atoms with Gasteiger partial charge in [0.25, 0.3) is 0 Å². The average molecular weight is 499 g/mol. The molecule has 1 saturated heterocycles. The lowest BCUT2D eigenvalue weighted by Crippen LogP contribution is -2.33. The summed E-state index contributed by atoms with van der Waals surface area (Å²) in [5.74, 6) is 0.497. The normalized spacial score (nSPS) is 17.0. The van der Waals surface area contributed by atoms with Crippen molar-refractivity contribution in [2.45, 2.75) is 18.5 Å². The smallest absolute Gasteiger partial charge is 0.226 e. The first-order valence-electron chi connectivity index (χ1n) is 11.6. The zero-order valence-electron chi connectivity index (χ0n) is 19.7. The third-order valence-electron chi connectivity index (χ3n) is 6.17. The number of thiocarbonyl (C=S) groups is 1. The number of methoxy groups -OCH3 is 1. The number of aromatic nitrogens is 3. The van der Waals surface area contributed by atoms with Crippen LogP contribution in [-0.2, 0) is 4.79 Å². The number of hydrogen-bond acceptors (Lipinski definition) is 5. The second kappa shape index (κ2) is 10.6. The van der Waals surface area contributed by atoms with Crippen molar-refractivity contribution in [2.24, 2.45) is 0 Å². The van der Waals surface area contributed by atoms with Crippen LogP contribution >= 0.6 is 12.2 Å². The third-order valence-corrected chi connectivity index (χ3v) is 6.52. The van der Waals surface area contributed by atoms with Crippen LogP contribution in [0.2, 0.25) is 0 Å². The summed E-state index contributed by atoms with van der Waals surface area (Å²) in [6.07, 6.45) is 7.61. The molecule has 4 heterocycles. The molecule has 1 aromatic carbocycles. The van der Waals surface area contributed by atoms with E-state index in [1.54, 1.807) is 19.5 Å². The Labute approximate surface area is 215 Å². The van der Waals surface area contributed by atoms with Crippen LogP contribution in [0, 0.1) is 0 Å². The summed E-state index contributed by atoms with van der Waals surface area (Å²) in [5.41, 5.74) is 3.49. The van der Waals surface area contributed by atoms with Crippen molar-refractivity contribution >= 4 is 28.9 Å².